The third-order valence-electron chi connectivity index (χ3n) is 4.21. The van der Waals surface area contributed by atoms with Crippen LogP contribution in [0.25, 0.3) is 11.4 Å². The molecule has 1 N–H and O–H groups in total. The SMILES string of the molecule is CCn1c(SCC(=O)Nc2ccc(F)c(Cl)c2)nnc1-c1ccc(N(C)C)cc1. The fourth-order valence-corrected chi connectivity index (χ4v) is 3.69. The Bertz CT molecular complexity index is 1010. The van der Waals surface area contributed by atoms with E-state index in [9.17, 15) is 9.18 Å². The van der Waals surface area contributed by atoms with Gasteiger partial charge in [0.05, 0.1) is 10.8 Å². The third kappa shape index (κ3) is 5.07. The maximum absolute atomic E-state index is 13.2. The summed E-state index contributed by atoms with van der Waals surface area (Å²) in [7, 11) is 3.98. The van der Waals surface area contributed by atoms with Gasteiger partial charge in [-0.05, 0) is 49.4 Å². The molecule has 0 radical (unpaired) electrons. The van der Waals surface area contributed by atoms with Gasteiger partial charge in [0.15, 0.2) is 11.0 Å². The second kappa shape index (κ2) is 9.28. The van der Waals surface area contributed by atoms with Crippen molar-refractivity contribution in [1.29, 1.82) is 0 Å². The molecule has 0 unspecified atom stereocenters. The summed E-state index contributed by atoms with van der Waals surface area (Å²) in [5.74, 6) is 0.139. The van der Waals surface area contributed by atoms with Gasteiger partial charge in [0.1, 0.15) is 5.82 Å². The number of thioether (sulfide) groups is 1. The molecule has 0 aliphatic rings. The summed E-state index contributed by atoms with van der Waals surface area (Å²) in [6.07, 6.45) is 0. The van der Waals surface area contributed by atoms with Crippen molar-refractivity contribution in [2.24, 2.45) is 0 Å². The Balaban J connectivity index is 1.68. The maximum atomic E-state index is 13.2. The highest BCUT2D eigenvalue weighted by molar-refractivity contribution is 7.99. The molecule has 0 spiro atoms. The zero-order valence-corrected chi connectivity index (χ0v) is 17.9. The smallest absolute Gasteiger partial charge is 0.234 e. The molecule has 6 nitrogen and oxygen atoms in total. The van der Waals surface area contributed by atoms with Crippen LogP contribution in [0.5, 0.6) is 0 Å². The fraction of sp³-hybridized carbons (Fsp3) is 0.250. The maximum Gasteiger partial charge on any atom is 0.234 e. The Morgan fingerprint density at radius 2 is 1.93 bits per heavy atom. The third-order valence-corrected chi connectivity index (χ3v) is 5.47. The molecular weight excluding hydrogens is 413 g/mol. The predicted molar refractivity (Wildman–Crippen MR) is 116 cm³/mol. The van der Waals surface area contributed by atoms with Crippen LogP contribution in [-0.2, 0) is 11.3 Å². The van der Waals surface area contributed by atoms with E-state index < -0.39 is 5.82 Å². The Morgan fingerprint density at radius 1 is 1.21 bits per heavy atom. The average molecular weight is 434 g/mol. The Kier molecular flexibility index (Phi) is 6.76. The van der Waals surface area contributed by atoms with Crippen molar-refractivity contribution in [3.05, 3.63) is 53.3 Å². The van der Waals surface area contributed by atoms with Crippen LogP contribution in [0.4, 0.5) is 15.8 Å². The lowest BCUT2D eigenvalue weighted by molar-refractivity contribution is -0.113. The van der Waals surface area contributed by atoms with Crippen LogP contribution in [-0.4, -0.2) is 40.5 Å². The van der Waals surface area contributed by atoms with Crippen LogP contribution in [0.3, 0.4) is 0 Å². The van der Waals surface area contributed by atoms with Gasteiger partial charge in [-0.3, -0.25) is 4.79 Å². The highest BCUT2D eigenvalue weighted by atomic mass is 35.5. The van der Waals surface area contributed by atoms with E-state index in [-0.39, 0.29) is 16.7 Å². The van der Waals surface area contributed by atoms with E-state index in [4.69, 9.17) is 11.6 Å². The minimum atomic E-state index is -0.527. The van der Waals surface area contributed by atoms with Crippen molar-refractivity contribution < 1.29 is 9.18 Å². The summed E-state index contributed by atoms with van der Waals surface area (Å²) in [6.45, 7) is 2.68. The molecule has 0 saturated heterocycles. The topological polar surface area (TPSA) is 63.1 Å². The Labute approximate surface area is 178 Å². The van der Waals surface area contributed by atoms with Crippen molar-refractivity contribution in [2.45, 2.75) is 18.6 Å². The van der Waals surface area contributed by atoms with E-state index in [1.165, 1.54) is 30.0 Å². The summed E-state index contributed by atoms with van der Waals surface area (Å²) in [5.41, 5.74) is 2.51. The number of anilines is 2. The molecule has 152 valence electrons. The summed E-state index contributed by atoms with van der Waals surface area (Å²) >= 11 is 7.03. The van der Waals surface area contributed by atoms with E-state index in [2.05, 4.69) is 15.5 Å². The molecule has 0 bridgehead atoms. The molecule has 0 fully saturated rings. The molecule has 3 rings (SSSR count). The first kappa shape index (κ1) is 21.1. The summed E-state index contributed by atoms with van der Waals surface area (Å²) < 4.78 is 15.2. The van der Waals surface area contributed by atoms with Crippen LogP contribution < -0.4 is 10.2 Å². The van der Waals surface area contributed by atoms with Gasteiger partial charge in [0.25, 0.3) is 0 Å². The van der Waals surface area contributed by atoms with Crippen molar-refractivity contribution in [3.8, 4) is 11.4 Å². The first-order valence-electron chi connectivity index (χ1n) is 8.97. The fourth-order valence-electron chi connectivity index (χ4n) is 2.70. The summed E-state index contributed by atoms with van der Waals surface area (Å²) in [5, 5.41) is 11.9. The molecule has 1 amide bonds. The molecule has 3 aromatic rings. The molecule has 2 aromatic carbocycles. The van der Waals surface area contributed by atoms with Crippen molar-refractivity contribution in [2.75, 3.05) is 30.1 Å². The zero-order chi connectivity index (χ0) is 21.0. The van der Waals surface area contributed by atoms with E-state index in [0.717, 1.165) is 17.1 Å². The largest absolute Gasteiger partial charge is 0.378 e. The summed E-state index contributed by atoms with van der Waals surface area (Å²) in [4.78, 5) is 14.3. The monoisotopic (exact) mass is 433 g/mol. The number of amides is 1. The van der Waals surface area contributed by atoms with Crippen molar-refractivity contribution in [3.63, 3.8) is 0 Å². The van der Waals surface area contributed by atoms with Gasteiger partial charge in [-0.15, -0.1) is 10.2 Å². The normalized spacial score (nSPS) is 10.8. The number of halogens is 2. The number of carbonyl (C=O) groups excluding carboxylic acids is 1. The standard InChI is InChI=1S/C20H21ClFN5OS/c1-4-27-19(13-5-8-15(9-6-13)26(2)3)24-25-20(27)29-12-18(28)23-14-7-10-17(22)16(21)11-14/h5-11H,4,12H2,1-3H3,(H,23,28). The zero-order valence-electron chi connectivity index (χ0n) is 16.3. The van der Waals surface area contributed by atoms with Gasteiger partial charge < -0.3 is 14.8 Å². The molecule has 1 heterocycles. The lowest BCUT2D eigenvalue weighted by atomic mass is 10.2. The molecule has 9 heteroatoms. The second-order valence-corrected chi connectivity index (χ2v) is 7.81. The van der Waals surface area contributed by atoms with Gasteiger partial charge >= 0.3 is 0 Å². The summed E-state index contributed by atoms with van der Waals surface area (Å²) in [6, 6.07) is 12.1. The highest BCUT2D eigenvalue weighted by Gasteiger charge is 2.15. The van der Waals surface area contributed by atoms with E-state index in [0.29, 0.717) is 17.4 Å². The van der Waals surface area contributed by atoms with Crippen LogP contribution in [0.1, 0.15) is 6.92 Å². The van der Waals surface area contributed by atoms with Gasteiger partial charge in [-0.25, -0.2) is 4.39 Å². The van der Waals surface area contributed by atoms with Crippen LogP contribution in [0.2, 0.25) is 5.02 Å². The van der Waals surface area contributed by atoms with Crippen LogP contribution >= 0.6 is 23.4 Å². The van der Waals surface area contributed by atoms with E-state index in [1.807, 2.05) is 54.8 Å². The Morgan fingerprint density at radius 3 is 2.55 bits per heavy atom. The molecule has 0 aliphatic heterocycles. The molecule has 29 heavy (non-hydrogen) atoms. The number of rotatable bonds is 7. The lowest BCUT2D eigenvalue weighted by Crippen LogP contribution is -2.14. The quantitative estimate of drug-likeness (QED) is 0.553. The van der Waals surface area contributed by atoms with Crippen LogP contribution in [0.15, 0.2) is 47.6 Å². The Hall–Kier alpha value is -2.58. The molecule has 0 atom stereocenters. The van der Waals surface area contributed by atoms with Gasteiger partial charge in [0.2, 0.25) is 5.91 Å². The number of hydrogen-bond acceptors (Lipinski definition) is 5. The second-order valence-electron chi connectivity index (χ2n) is 6.46. The number of benzene rings is 2. The highest BCUT2D eigenvalue weighted by Crippen LogP contribution is 2.26. The molecule has 0 saturated carbocycles. The van der Waals surface area contributed by atoms with Crippen LogP contribution in [0, 0.1) is 5.82 Å². The lowest BCUT2D eigenvalue weighted by Gasteiger charge is -2.13. The van der Waals surface area contributed by atoms with Gasteiger partial charge in [-0.1, -0.05) is 23.4 Å². The predicted octanol–water partition coefficient (Wildman–Crippen LogP) is 4.55. The molecule has 0 aliphatic carbocycles. The number of nitrogens with one attached hydrogen (secondary N) is 1. The van der Waals surface area contributed by atoms with Crippen molar-refractivity contribution in [1.82, 2.24) is 14.8 Å². The first-order valence-corrected chi connectivity index (χ1v) is 10.3. The molecular formula is C20H21ClFN5OS. The minimum Gasteiger partial charge on any atom is -0.378 e. The van der Waals surface area contributed by atoms with Crippen molar-refractivity contribution >= 4 is 40.6 Å². The number of nitrogens with zero attached hydrogens (tertiary/aromatic N) is 4. The van der Waals surface area contributed by atoms with Gasteiger partial charge in [-0.2, -0.15) is 0 Å². The number of hydrogen-bond donors (Lipinski definition) is 1. The minimum absolute atomic E-state index is 0.0360. The average Bonchev–Trinajstić information content (AvgIpc) is 3.12. The van der Waals surface area contributed by atoms with Gasteiger partial charge in [0, 0.05) is 37.6 Å². The first-order chi connectivity index (χ1) is 13.9. The van der Waals surface area contributed by atoms with E-state index in [1.54, 1.807) is 0 Å². The number of carbonyl (C=O) groups is 1. The molecule has 1 aromatic heterocycles. The number of aromatic nitrogens is 3. The van der Waals surface area contributed by atoms with E-state index >= 15 is 0 Å².